The van der Waals surface area contributed by atoms with Gasteiger partial charge < -0.3 is 15.2 Å². The Morgan fingerprint density at radius 2 is 2.00 bits per heavy atom. The number of rotatable bonds is 8. The van der Waals surface area contributed by atoms with Crippen LogP contribution in [0.4, 0.5) is 0 Å². The Balaban J connectivity index is 2.29. The van der Waals surface area contributed by atoms with Gasteiger partial charge in [0.25, 0.3) is 0 Å². The monoisotopic (exact) mass is 267 g/mol. The molecule has 5 nitrogen and oxygen atoms in total. The number of nitrogens with one attached hydrogen (secondary N) is 1. The van der Waals surface area contributed by atoms with E-state index in [1.807, 2.05) is 12.2 Å². The summed E-state index contributed by atoms with van der Waals surface area (Å²) in [6.07, 6.45) is 7.14. The van der Waals surface area contributed by atoms with E-state index in [-0.39, 0.29) is 5.91 Å². The Bertz CT molecular complexity index is 351. The highest BCUT2D eigenvalue weighted by atomic mass is 16.5. The lowest BCUT2D eigenvalue weighted by atomic mass is 9.82. The molecule has 0 saturated carbocycles. The van der Waals surface area contributed by atoms with Gasteiger partial charge in [-0.05, 0) is 19.3 Å². The Kier molecular flexibility index (Phi) is 6.89. The molecule has 19 heavy (non-hydrogen) atoms. The zero-order valence-electron chi connectivity index (χ0n) is 11.0. The molecule has 0 aromatic heterocycles. The molecule has 0 aromatic carbocycles. The number of carboxylic acids is 1. The smallest absolute Gasteiger partial charge is 0.307 e. The van der Waals surface area contributed by atoms with E-state index in [4.69, 9.17) is 9.84 Å². The summed E-state index contributed by atoms with van der Waals surface area (Å²) < 4.78 is 5.27. The molecule has 0 radical (unpaired) electrons. The second-order valence-corrected chi connectivity index (χ2v) is 4.47. The zero-order chi connectivity index (χ0) is 14.1. The molecule has 0 saturated heterocycles. The average Bonchev–Trinajstić information content (AvgIpc) is 2.42. The van der Waals surface area contributed by atoms with Crippen molar-refractivity contribution >= 4 is 11.9 Å². The van der Waals surface area contributed by atoms with Crippen LogP contribution in [-0.2, 0) is 14.3 Å². The first-order chi connectivity index (χ1) is 9.16. The van der Waals surface area contributed by atoms with Crippen molar-refractivity contribution in [3.05, 3.63) is 24.8 Å². The summed E-state index contributed by atoms with van der Waals surface area (Å²) in [5, 5.41) is 11.8. The molecule has 0 heterocycles. The van der Waals surface area contributed by atoms with Crippen molar-refractivity contribution in [1.82, 2.24) is 5.32 Å². The minimum absolute atomic E-state index is 0.205. The van der Waals surface area contributed by atoms with Crippen molar-refractivity contribution < 1.29 is 19.4 Å². The fraction of sp³-hybridized carbons (Fsp3) is 0.571. The van der Waals surface area contributed by atoms with Gasteiger partial charge in [-0.1, -0.05) is 18.2 Å². The van der Waals surface area contributed by atoms with Crippen molar-refractivity contribution in [2.24, 2.45) is 11.8 Å². The molecule has 0 unspecified atom stereocenters. The summed E-state index contributed by atoms with van der Waals surface area (Å²) in [6.45, 7) is 5.00. The van der Waals surface area contributed by atoms with Gasteiger partial charge in [0.1, 0.15) is 0 Å². The molecule has 0 bridgehead atoms. The molecular weight excluding hydrogens is 246 g/mol. The van der Waals surface area contributed by atoms with Gasteiger partial charge in [-0.15, -0.1) is 6.58 Å². The number of amides is 1. The highest BCUT2D eigenvalue weighted by Gasteiger charge is 2.33. The van der Waals surface area contributed by atoms with Gasteiger partial charge in [-0.2, -0.15) is 0 Å². The van der Waals surface area contributed by atoms with Crippen LogP contribution in [0.2, 0.25) is 0 Å². The summed E-state index contributed by atoms with van der Waals surface area (Å²) >= 11 is 0. The Hall–Kier alpha value is -1.62. The SMILES string of the molecule is C=CCCOCCNC(=O)[C@@H]1CC=CC[C@@H]1C(=O)O. The van der Waals surface area contributed by atoms with Crippen LogP contribution < -0.4 is 5.32 Å². The molecule has 106 valence electrons. The predicted octanol–water partition coefficient (Wildman–Crippen LogP) is 1.36. The molecule has 1 rings (SSSR count). The van der Waals surface area contributed by atoms with Crippen LogP contribution >= 0.6 is 0 Å². The highest BCUT2D eigenvalue weighted by Crippen LogP contribution is 2.25. The van der Waals surface area contributed by atoms with E-state index < -0.39 is 17.8 Å². The summed E-state index contributed by atoms with van der Waals surface area (Å²) in [5.74, 6) is -2.21. The Morgan fingerprint density at radius 1 is 1.32 bits per heavy atom. The molecule has 5 heteroatoms. The van der Waals surface area contributed by atoms with Gasteiger partial charge in [0, 0.05) is 6.54 Å². The van der Waals surface area contributed by atoms with Gasteiger partial charge >= 0.3 is 5.97 Å². The average molecular weight is 267 g/mol. The summed E-state index contributed by atoms with van der Waals surface area (Å²) in [7, 11) is 0. The van der Waals surface area contributed by atoms with Crippen molar-refractivity contribution in [3.63, 3.8) is 0 Å². The third-order valence-corrected chi connectivity index (χ3v) is 3.10. The Morgan fingerprint density at radius 3 is 2.63 bits per heavy atom. The number of allylic oxidation sites excluding steroid dienone is 2. The first-order valence-electron chi connectivity index (χ1n) is 6.51. The summed E-state index contributed by atoms with van der Waals surface area (Å²) in [5.41, 5.74) is 0. The van der Waals surface area contributed by atoms with Gasteiger partial charge in [0.15, 0.2) is 0 Å². The number of hydrogen-bond acceptors (Lipinski definition) is 3. The van der Waals surface area contributed by atoms with E-state index >= 15 is 0 Å². The first kappa shape index (κ1) is 15.4. The maximum absolute atomic E-state index is 11.9. The first-order valence-corrected chi connectivity index (χ1v) is 6.51. The fourth-order valence-corrected chi connectivity index (χ4v) is 2.02. The lowest BCUT2D eigenvalue weighted by molar-refractivity contribution is -0.147. The summed E-state index contributed by atoms with van der Waals surface area (Å²) in [6, 6.07) is 0. The van der Waals surface area contributed by atoms with Crippen molar-refractivity contribution in [1.29, 1.82) is 0 Å². The van der Waals surface area contributed by atoms with Crippen molar-refractivity contribution in [2.45, 2.75) is 19.3 Å². The maximum atomic E-state index is 11.9. The molecule has 0 aromatic rings. The number of carbonyl (C=O) groups excluding carboxylic acids is 1. The second kappa shape index (κ2) is 8.48. The van der Waals surface area contributed by atoms with Gasteiger partial charge in [0.05, 0.1) is 25.0 Å². The van der Waals surface area contributed by atoms with E-state index in [0.717, 1.165) is 6.42 Å². The number of carbonyl (C=O) groups is 2. The minimum Gasteiger partial charge on any atom is -0.481 e. The number of ether oxygens (including phenoxy) is 1. The van der Waals surface area contributed by atoms with Gasteiger partial charge in [-0.25, -0.2) is 0 Å². The van der Waals surface area contributed by atoms with Crippen LogP contribution in [0.15, 0.2) is 24.8 Å². The van der Waals surface area contributed by atoms with E-state index in [2.05, 4.69) is 11.9 Å². The number of aliphatic carboxylic acids is 1. The fourth-order valence-electron chi connectivity index (χ4n) is 2.02. The van der Waals surface area contributed by atoms with Crippen LogP contribution in [0.1, 0.15) is 19.3 Å². The van der Waals surface area contributed by atoms with Crippen LogP contribution in [0.5, 0.6) is 0 Å². The van der Waals surface area contributed by atoms with Crippen molar-refractivity contribution in [2.75, 3.05) is 19.8 Å². The van der Waals surface area contributed by atoms with E-state index in [1.165, 1.54) is 0 Å². The highest BCUT2D eigenvalue weighted by molar-refractivity contribution is 5.85. The largest absolute Gasteiger partial charge is 0.481 e. The quantitative estimate of drug-likeness (QED) is 0.514. The van der Waals surface area contributed by atoms with E-state index in [1.54, 1.807) is 6.08 Å². The molecule has 0 spiro atoms. The molecule has 2 atom stereocenters. The van der Waals surface area contributed by atoms with Gasteiger partial charge in [0.2, 0.25) is 5.91 Å². The molecule has 0 aliphatic heterocycles. The van der Waals surface area contributed by atoms with E-state index in [0.29, 0.717) is 32.6 Å². The normalized spacial score (nSPS) is 21.9. The van der Waals surface area contributed by atoms with E-state index in [9.17, 15) is 9.59 Å². The third kappa shape index (κ3) is 5.26. The molecule has 1 amide bonds. The van der Waals surface area contributed by atoms with Crippen molar-refractivity contribution in [3.8, 4) is 0 Å². The van der Waals surface area contributed by atoms with Crippen LogP contribution in [-0.4, -0.2) is 36.7 Å². The maximum Gasteiger partial charge on any atom is 0.307 e. The van der Waals surface area contributed by atoms with Gasteiger partial charge in [-0.3, -0.25) is 9.59 Å². The van der Waals surface area contributed by atoms with Crippen LogP contribution in [0, 0.1) is 11.8 Å². The zero-order valence-corrected chi connectivity index (χ0v) is 11.0. The third-order valence-electron chi connectivity index (χ3n) is 3.10. The molecular formula is C14H21NO4. The number of hydrogen-bond donors (Lipinski definition) is 2. The van der Waals surface area contributed by atoms with Crippen LogP contribution in [0.3, 0.4) is 0 Å². The molecule has 2 N–H and O–H groups in total. The molecule has 1 aliphatic rings. The molecule has 1 aliphatic carbocycles. The predicted molar refractivity (Wildman–Crippen MR) is 71.6 cm³/mol. The Labute approximate surface area is 113 Å². The minimum atomic E-state index is -0.910. The standard InChI is InChI=1S/C14H21NO4/c1-2-3-9-19-10-8-15-13(16)11-6-4-5-7-12(11)14(17)18/h2,4-5,11-12H,1,3,6-10H2,(H,15,16)(H,17,18)/t11-,12+/m1/s1. The lowest BCUT2D eigenvalue weighted by Gasteiger charge is -2.24. The number of carboxylic acid groups (broad SMARTS) is 1. The summed E-state index contributed by atoms with van der Waals surface area (Å²) in [4.78, 5) is 23.0. The lowest BCUT2D eigenvalue weighted by Crippen LogP contribution is -2.40. The second-order valence-electron chi connectivity index (χ2n) is 4.47. The topological polar surface area (TPSA) is 75.6 Å². The molecule has 0 fully saturated rings. The van der Waals surface area contributed by atoms with Crippen LogP contribution in [0.25, 0.3) is 0 Å².